The molecule has 0 spiro atoms. The van der Waals surface area contributed by atoms with Gasteiger partial charge >= 0.3 is 12.1 Å². The Bertz CT molecular complexity index is 845. The van der Waals surface area contributed by atoms with E-state index < -0.39 is 27.9 Å². The second kappa shape index (κ2) is 7.23. The van der Waals surface area contributed by atoms with Gasteiger partial charge in [0.1, 0.15) is 0 Å². The molecule has 25 heavy (non-hydrogen) atoms. The predicted molar refractivity (Wildman–Crippen MR) is 80.2 cm³/mol. The quantitative estimate of drug-likeness (QED) is 0.774. The van der Waals surface area contributed by atoms with E-state index in [0.29, 0.717) is 0 Å². The van der Waals surface area contributed by atoms with E-state index in [9.17, 15) is 26.4 Å². The monoisotopic (exact) mass is 377 g/mol. The number of carbonyl (C=O) groups is 1. The number of hydrogen-bond acceptors (Lipinski definition) is 5. The maximum atomic E-state index is 12.4. The van der Waals surface area contributed by atoms with Crippen LogP contribution in [0.1, 0.15) is 16.1 Å². The van der Waals surface area contributed by atoms with Gasteiger partial charge in [0, 0.05) is 12.7 Å². The van der Waals surface area contributed by atoms with Gasteiger partial charge in [-0.2, -0.15) is 18.3 Å². The van der Waals surface area contributed by atoms with Crippen molar-refractivity contribution in [2.24, 2.45) is 0 Å². The SMILES string of the molecule is COC(=O)c1ccc(S(=O)(=O)NCCn2ccc(C(F)(F)F)n2)cc1. The Labute approximate surface area is 141 Å². The summed E-state index contributed by atoms with van der Waals surface area (Å²) in [7, 11) is -2.66. The van der Waals surface area contributed by atoms with Crippen LogP contribution in [0.3, 0.4) is 0 Å². The van der Waals surface area contributed by atoms with Crippen LogP contribution in [0.15, 0.2) is 41.4 Å². The predicted octanol–water partition coefficient (Wildman–Crippen LogP) is 1.67. The van der Waals surface area contributed by atoms with E-state index in [1.807, 2.05) is 0 Å². The number of methoxy groups -OCH3 is 1. The highest BCUT2D eigenvalue weighted by molar-refractivity contribution is 7.89. The third-order valence-electron chi connectivity index (χ3n) is 3.15. The molecule has 1 aromatic carbocycles. The summed E-state index contributed by atoms with van der Waals surface area (Å²) in [5.41, 5.74) is -0.855. The summed E-state index contributed by atoms with van der Waals surface area (Å²) in [6, 6.07) is 5.85. The highest BCUT2D eigenvalue weighted by Gasteiger charge is 2.33. The van der Waals surface area contributed by atoms with Crippen LogP contribution in [0.5, 0.6) is 0 Å². The molecule has 11 heteroatoms. The topological polar surface area (TPSA) is 90.3 Å². The highest BCUT2D eigenvalue weighted by atomic mass is 32.2. The number of hydrogen-bond donors (Lipinski definition) is 1. The largest absolute Gasteiger partial charge is 0.465 e. The first-order chi connectivity index (χ1) is 11.6. The van der Waals surface area contributed by atoms with Crippen LogP contribution >= 0.6 is 0 Å². The van der Waals surface area contributed by atoms with Crippen molar-refractivity contribution in [3.05, 3.63) is 47.8 Å². The van der Waals surface area contributed by atoms with Gasteiger partial charge in [-0.25, -0.2) is 17.9 Å². The van der Waals surface area contributed by atoms with Gasteiger partial charge in [0.05, 0.1) is 24.1 Å². The molecule has 0 aliphatic rings. The molecule has 0 saturated heterocycles. The molecule has 1 heterocycles. The molecule has 2 rings (SSSR count). The molecule has 0 radical (unpaired) electrons. The van der Waals surface area contributed by atoms with E-state index in [4.69, 9.17) is 0 Å². The standard InChI is InChI=1S/C14H14F3N3O4S/c1-24-13(21)10-2-4-11(5-3-10)25(22,23)18-7-9-20-8-6-12(19-20)14(15,16)17/h2-6,8,18H,7,9H2,1H3. The lowest BCUT2D eigenvalue weighted by molar-refractivity contribution is -0.141. The first kappa shape index (κ1) is 18.9. The molecule has 0 bridgehead atoms. The van der Waals surface area contributed by atoms with Gasteiger partial charge < -0.3 is 4.74 Å². The number of rotatable bonds is 6. The van der Waals surface area contributed by atoms with E-state index in [1.165, 1.54) is 31.4 Å². The Morgan fingerprint density at radius 1 is 1.24 bits per heavy atom. The van der Waals surface area contributed by atoms with Gasteiger partial charge in [0.25, 0.3) is 0 Å². The molecule has 0 aliphatic heterocycles. The lowest BCUT2D eigenvalue weighted by Gasteiger charge is -2.08. The second-order valence-corrected chi connectivity index (χ2v) is 6.64. The Kier molecular flexibility index (Phi) is 5.48. The smallest absolute Gasteiger partial charge is 0.435 e. The van der Waals surface area contributed by atoms with Crippen molar-refractivity contribution < 1.29 is 31.1 Å². The Morgan fingerprint density at radius 2 is 1.88 bits per heavy atom. The van der Waals surface area contributed by atoms with Crippen LogP contribution in [0.25, 0.3) is 0 Å². The summed E-state index contributed by atoms with van der Waals surface area (Å²) in [5.74, 6) is -0.601. The fraction of sp³-hybridized carbons (Fsp3) is 0.286. The van der Waals surface area contributed by atoms with E-state index in [-0.39, 0.29) is 23.5 Å². The molecule has 0 atom stereocenters. The number of benzene rings is 1. The lowest BCUT2D eigenvalue weighted by Crippen LogP contribution is -2.27. The van der Waals surface area contributed by atoms with E-state index in [2.05, 4.69) is 14.6 Å². The first-order valence-electron chi connectivity index (χ1n) is 6.92. The molecule has 7 nitrogen and oxygen atoms in total. The van der Waals surface area contributed by atoms with E-state index in [0.717, 1.165) is 16.9 Å². The number of halogens is 3. The minimum atomic E-state index is -4.55. The van der Waals surface area contributed by atoms with Gasteiger partial charge in [-0.1, -0.05) is 0 Å². The zero-order valence-electron chi connectivity index (χ0n) is 12.9. The zero-order chi connectivity index (χ0) is 18.7. The van der Waals surface area contributed by atoms with Crippen molar-refractivity contribution in [3.8, 4) is 0 Å². The van der Waals surface area contributed by atoms with Gasteiger partial charge in [-0.05, 0) is 30.3 Å². The molecule has 1 aromatic heterocycles. The Morgan fingerprint density at radius 3 is 2.40 bits per heavy atom. The number of aromatic nitrogens is 2. The van der Waals surface area contributed by atoms with Gasteiger partial charge in [0.15, 0.2) is 5.69 Å². The number of sulfonamides is 1. The Balaban J connectivity index is 1.97. The average Bonchev–Trinajstić information content (AvgIpc) is 3.03. The molecule has 0 amide bonds. The maximum Gasteiger partial charge on any atom is 0.435 e. The molecular formula is C14H14F3N3O4S. The van der Waals surface area contributed by atoms with Crippen molar-refractivity contribution >= 4 is 16.0 Å². The summed E-state index contributed by atoms with van der Waals surface area (Å²) in [5, 5.41) is 3.32. The molecule has 136 valence electrons. The van der Waals surface area contributed by atoms with Crippen LogP contribution in [-0.2, 0) is 27.5 Å². The van der Waals surface area contributed by atoms with E-state index >= 15 is 0 Å². The Hall–Kier alpha value is -2.40. The minimum Gasteiger partial charge on any atom is -0.465 e. The van der Waals surface area contributed by atoms with Crippen molar-refractivity contribution in [1.82, 2.24) is 14.5 Å². The summed E-state index contributed by atoms with van der Waals surface area (Å²) < 4.78 is 69.2. The summed E-state index contributed by atoms with van der Waals surface area (Å²) in [6.07, 6.45) is -3.44. The third kappa shape index (κ3) is 4.79. The summed E-state index contributed by atoms with van der Waals surface area (Å²) >= 11 is 0. The fourth-order valence-electron chi connectivity index (χ4n) is 1.90. The second-order valence-electron chi connectivity index (χ2n) is 4.88. The molecule has 2 aromatic rings. The number of ether oxygens (including phenoxy) is 1. The van der Waals surface area contributed by atoms with Crippen LogP contribution in [-0.4, -0.2) is 37.8 Å². The third-order valence-corrected chi connectivity index (χ3v) is 4.63. The van der Waals surface area contributed by atoms with Gasteiger partial charge in [-0.3, -0.25) is 4.68 Å². The average molecular weight is 377 g/mol. The zero-order valence-corrected chi connectivity index (χ0v) is 13.8. The van der Waals surface area contributed by atoms with Crippen molar-refractivity contribution in [2.75, 3.05) is 13.7 Å². The minimum absolute atomic E-state index is 0.0739. The normalized spacial score (nSPS) is 12.2. The summed E-state index contributed by atoms with van der Waals surface area (Å²) in [4.78, 5) is 11.2. The van der Waals surface area contributed by atoms with Gasteiger partial charge in [-0.15, -0.1) is 0 Å². The van der Waals surface area contributed by atoms with Crippen molar-refractivity contribution in [1.29, 1.82) is 0 Å². The van der Waals surface area contributed by atoms with E-state index in [1.54, 1.807) is 0 Å². The number of nitrogens with one attached hydrogen (secondary N) is 1. The molecule has 1 N–H and O–H groups in total. The first-order valence-corrected chi connectivity index (χ1v) is 8.40. The molecule has 0 fully saturated rings. The van der Waals surface area contributed by atoms with Crippen LogP contribution in [0, 0.1) is 0 Å². The number of nitrogens with zero attached hydrogens (tertiary/aromatic N) is 2. The lowest BCUT2D eigenvalue weighted by atomic mass is 10.2. The maximum absolute atomic E-state index is 12.4. The molecule has 0 unspecified atom stereocenters. The number of esters is 1. The molecule has 0 aliphatic carbocycles. The number of alkyl halides is 3. The molecular weight excluding hydrogens is 363 g/mol. The summed E-state index contributed by atoms with van der Waals surface area (Å²) in [6.45, 7) is -0.227. The fourth-order valence-corrected chi connectivity index (χ4v) is 2.92. The highest BCUT2D eigenvalue weighted by Crippen LogP contribution is 2.27. The van der Waals surface area contributed by atoms with Crippen LogP contribution in [0.2, 0.25) is 0 Å². The van der Waals surface area contributed by atoms with Gasteiger partial charge in [0.2, 0.25) is 10.0 Å². The van der Waals surface area contributed by atoms with Crippen LogP contribution in [0.4, 0.5) is 13.2 Å². The molecule has 0 saturated carbocycles. The van der Waals surface area contributed by atoms with Crippen LogP contribution < -0.4 is 4.72 Å². The van der Waals surface area contributed by atoms with Crippen molar-refractivity contribution in [2.45, 2.75) is 17.6 Å². The van der Waals surface area contributed by atoms with Crippen molar-refractivity contribution in [3.63, 3.8) is 0 Å². The number of carbonyl (C=O) groups excluding carboxylic acids is 1.